The van der Waals surface area contributed by atoms with Gasteiger partial charge in [-0.15, -0.1) is 0 Å². The van der Waals surface area contributed by atoms with Crippen molar-refractivity contribution >= 4 is 40.4 Å². The summed E-state index contributed by atoms with van der Waals surface area (Å²) in [6.07, 6.45) is 4.59. The molecule has 0 aromatic heterocycles. The normalized spacial score (nSPS) is 14.0. The van der Waals surface area contributed by atoms with E-state index in [0.717, 1.165) is 48.7 Å². The number of hydrazone groups is 1. The number of nitrogens with one attached hydrogen (secondary N) is 1. The van der Waals surface area contributed by atoms with Gasteiger partial charge in [-0.1, -0.05) is 66.2 Å². The van der Waals surface area contributed by atoms with E-state index in [4.69, 9.17) is 16.3 Å². The maximum Gasteiger partial charge on any atom is 0.271 e. The Morgan fingerprint density at radius 1 is 0.975 bits per heavy atom. The number of carbonyl (C=O) groups excluding carboxylic acids is 2. The van der Waals surface area contributed by atoms with E-state index in [-0.39, 0.29) is 28.8 Å². The molecule has 1 aliphatic rings. The number of amides is 2. The van der Waals surface area contributed by atoms with Crippen LogP contribution in [0.3, 0.4) is 0 Å². The molecule has 1 saturated heterocycles. The Morgan fingerprint density at radius 2 is 1.70 bits per heavy atom. The molecule has 7 nitrogen and oxygen atoms in total. The summed E-state index contributed by atoms with van der Waals surface area (Å²) in [7, 11) is 0. The van der Waals surface area contributed by atoms with E-state index in [1.807, 2.05) is 47.4 Å². The second-order valence-electron chi connectivity index (χ2n) is 9.87. The Morgan fingerprint density at radius 3 is 2.45 bits per heavy atom. The summed E-state index contributed by atoms with van der Waals surface area (Å²) in [4.78, 5) is 27.2. The van der Waals surface area contributed by atoms with Crippen LogP contribution in [0.4, 0.5) is 0 Å². The summed E-state index contributed by atoms with van der Waals surface area (Å²) < 4.78 is 5.99. The summed E-state index contributed by atoms with van der Waals surface area (Å²) >= 11 is 5.89. The van der Waals surface area contributed by atoms with Gasteiger partial charge in [-0.25, -0.2) is 5.43 Å². The minimum Gasteiger partial charge on any atom is -0.506 e. The molecule has 4 aromatic carbocycles. The molecule has 0 atom stereocenters. The minimum atomic E-state index is -0.454. The number of benzene rings is 4. The lowest BCUT2D eigenvalue weighted by atomic mass is 9.90. The predicted octanol–water partition coefficient (Wildman–Crippen LogP) is 5.82. The van der Waals surface area contributed by atoms with Crippen molar-refractivity contribution in [2.75, 3.05) is 19.7 Å². The molecule has 1 fully saturated rings. The number of aromatic hydroxyl groups is 1. The van der Waals surface area contributed by atoms with Crippen LogP contribution in [0.1, 0.15) is 34.3 Å². The lowest BCUT2D eigenvalue weighted by molar-refractivity contribution is -0.134. The zero-order valence-corrected chi connectivity index (χ0v) is 22.7. The van der Waals surface area contributed by atoms with E-state index in [9.17, 15) is 14.7 Å². The van der Waals surface area contributed by atoms with Gasteiger partial charge in [0.25, 0.3) is 11.8 Å². The molecule has 2 N–H and O–H groups in total. The van der Waals surface area contributed by atoms with E-state index < -0.39 is 5.91 Å². The number of halogens is 1. The fourth-order valence-electron chi connectivity index (χ4n) is 4.97. The summed E-state index contributed by atoms with van der Waals surface area (Å²) in [5.41, 5.74) is 4.88. The number of rotatable bonds is 8. The topological polar surface area (TPSA) is 91.2 Å². The number of fused-ring (bicyclic) bond motifs is 1. The van der Waals surface area contributed by atoms with E-state index in [2.05, 4.69) is 34.8 Å². The third kappa shape index (κ3) is 6.61. The zero-order chi connectivity index (χ0) is 27.9. The van der Waals surface area contributed by atoms with Crippen molar-refractivity contribution in [2.45, 2.75) is 19.3 Å². The molecule has 0 spiro atoms. The first-order valence-electron chi connectivity index (χ1n) is 13.3. The molecular weight excluding hydrogens is 526 g/mol. The number of phenolic OH excluding ortho intramolecular Hbond substituents is 1. The minimum absolute atomic E-state index is 0.00933. The van der Waals surface area contributed by atoms with Gasteiger partial charge in [0.05, 0.1) is 11.2 Å². The standard InChI is InChI=1S/C32H30ClN3O4/c33-28-19-24(10-12-29(28)37)32(39)35-34-20-25-11-13-30(27-9-5-4-8-26(25)27)40-21-31(38)36-16-14-23(15-17-36)18-22-6-2-1-3-7-22/h1-13,19-20,23,37H,14-18,21H2,(H,35,39)/b34-20+. The molecule has 0 unspecified atom stereocenters. The third-order valence-corrected chi connectivity index (χ3v) is 7.49. The van der Waals surface area contributed by atoms with Gasteiger partial charge < -0.3 is 14.7 Å². The third-order valence-electron chi connectivity index (χ3n) is 7.18. The molecule has 0 bridgehead atoms. The maximum atomic E-state index is 12.9. The number of carbonyl (C=O) groups is 2. The first-order chi connectivity index (χ1) is 19.5. The summed E-state index contributed by atoms with van der Waals surface area (Å²) in [5, 5.41) is 15.4. The van der Waals surface area contributed by atoms with Crippen LogP contribution in [0.2, 0.25) is 5.02 Å². The van der Waals surface area contributed by atoms with Crippen LogP contribution < -0.4 is 10.2 Å². The molecule has 0 aliphatic carbocycles. The molecule has 1 aliphatic heterocycles. The first kappa shape index (κ1) is 27.2. The van der Waals surface area contributed by atoms with Gasteiger partial charge in [0, 0.05) is 29.6 Å². The van der Waals surface area contributed by atoms with Crippen LogP contribution in [-0.2, 0) is 11.2 Å². The predicted molar refractivity (Wildman–Crippen MR) is 157 cm³/mol. The highest BCUT2D eigenvalue weighted by atomic mass is 35.5. The summed E-state index contributed by atoms with van der Waals surface area (Å²) in [6, 6.07) is 26.0. The van der Waals surface area contributed by atoms with E-state index in [1.54, 1.807) is 6.21 Å². The second kappa shape index (κ2) is 12.7. The average Bonchev–Trinajstić information content (AvgIpc) is 2.98. The highest BCUT2D eigenvalue weighted by molar-refractivity contribution is 6.32. The molecule has 4 aromatic rings. The Balaban J connectivity index is 1.18. The average molecular weight is 556 g/mol. The molecule has 8 heteroatoms. The molecular formula is C32H30ClN3O4. The fraction of sp³-hybridized carbons (Fsp3) is 0.219. The van der Waals surface area contributed by atoms with Crippen LogP contribution in [0.5, 0.6) is 11.5 Å². The van der Waals surface area contributed by atoms with Crippen molar-refractivity contribution in [3.8, 4) is 11.5 Å². The maximum absolute atomic E-state index is 12.9. The van der Waals surface area contributed by atoms with Gasteiger partial charge in [0.15, 0.2) is 6.61 Å². The highest BCUT2D eigenvalue weighted by Crippen LogP contribution is 2.29. The number of hydrogen-bond acceptors (Lipinski definition) is 5. The van der Waals surface area contributed by atoms with Crippen LogP contribution in [0, 0.1) is 5.92 Å². The van der Waals surface area contributed by atoms with Gasteiger partial charge in [-0.05, 0) is 66.5 Å². The van der Waals surface area contributed by atoms with Gasteiger partial charge in [0.2, 0.25) is 0 Å². The van der Waals surface area contributed by atoms with Gasteiger partial charge in [0.1, 0.15) is 11.5 Å². The largest absolute Gasteiger partial charge is 0.506 e. The van der Waals surface area contributed by atoms with Gasteiger partial charge in [-0.2, -0.15) is 5.10 Å². The molecule has 5 rings (SSSR count). The molecule has 204 valence electrons. The number of phenols is 1. The van der Waals surface area contributed by atoms with Crippen molar-refractivity contribution < 1.29 is 19.4 Å². The number of likely N-dealkylation sites (tertiary alicyclic amines) is 1. The monoisotopic (exact) mass is 555 g/mol. The molecule has 0 saturated carbocycles. The highest BCUT2D eigenvalue weighted by Gasteiger charge is 2.23. The van der Waals surface area contributed by atoms with Crippen LogP contribution in [0.25, 0.3) is 10.8 Å². The van der Waals surface area contributed by atoms with Gasteiger partial charge >= 0.3 is 0 Å². The quantitative estimate of drug-likeness (QED) is 0.212. The van der Waals surface area contributed by atoms with E-state index in [1.165, 1.54) is 23.8 Å². The first-order valence-corrected chi connectivity index (χ1v) is 13.6. The van der Waals surface area contributed by atoms with Crippen LogP contribution in [-0.4, -0.2) is 47.7 Å². The summed E-state index contributed by atoms with van der Waals surface area (Å²) in [6.45, 7) is 1.47. The molecule has 0 radical (unpaired) electrons. The number of hydrogen-bond donors (Lipinski definition) is 2. The van der Waals surface area contributed by atoms with Crippen molar-refractivity contribution in [1.82, 2.24) is 10.3 Å². The number of piperidine rings is 1. The Kier molecular flexibility index (Phi) is 8.62. The number of ether oxygens (including phenoxy) is 1. The smallest absolute Gasteiger partial charge is 0.271 e. The number of nitrogens with zero attached hydrogens (tertiary/aromatic N) is 2. The van der Waals surface area contributed by atoms with E-state index in [0.29, 0.717) is 11.7 Å². The molecule has 1 heterocycles. The fourth-order valence-corrected chi connectivity index (χ4v) is 5.15. The van der Waals surface area contributed by atoms with Crippen LogP contribution in [0.15, 0.2) is 90.0 Å². The van der Waals surface area contributed by atoms with E-state index >= 15 is 0 Å². The van der Waals surface area contributed by atoms with Crippen molar-refractivity contribution in [3.63, 3.8) is 0 Å². The Labute approximate surface area is 238 Å². The van der Waals surface area contributed by atoms with Crippen molar-refractivity contribution in [3.05, 3.63) is 107 Å². The lowest BCUT2D eigenvalue weighted by Crippen LogP contribution is -2.41. The lowest BCUT2D eigenvalue weighted by Gasteiger charge is -2.32. The van der Waals surface area contributed by atoms with Crippen molar-refractivity contribution in [2.24, 2.45) is 11.0 Å². The Hall–Kier alpha value is -4.36. The SMILES string of the molecule is O=C(N/N=C/c1ccc(OCC(=O)N2CCC(Cc3ccccc3)CC2)c2ccccc12)c1ccc(O)c(Cl)c1. The Bertz CT molecular complexity index is 1530. The zero-order valence-electron chi connectivity index (χ0n) is 21.9. The van der Waals surface area contributed by atoms with Gasteiger partial charge in [-0.3, -0.25) is 9.59 Å². The van der Waals surface area contributed by atoms with Crippen molar-refractivity contribution in [1.29, 1.82) is 0 Å². The second-order valence-corrected chi connectivity index (χ2v) is 10.3. The molecule has 2 amide bonds. The summed E-state index contributed by atoms with van der Waals surface area (Å²) in [5.74, 6) is 0.646. The van der Waals surface area contributed by atoms with Crippen LogP contribution >= 0.6 is 11.6 Å². The molecule has 40 heavy (non-hydrogen) atoms.